The third-order valence-electron chi connectivity index (χ3n) is 10.1. The molecule has 3 heterocycles. The normalized spacial score (nSPS) is 25.8. The topological polar surface area (TPSA) is 125 Å². The maximum atomic E-state index is 14.3. The molecule has 1 saturated heterocycles. The summed E-state index contributed by atoms with van der Waals surface area (Å²) in [5.41, 5.74) is 4.07. The van der Waals surface area contributed by atoms with Crippen LogP contribution in [-0.2, 0) is 10.0 Å². The molecule has 3 fully saturated rings. The van der Waals surface area contributed by atoms with Crippen LogP contribution in [0.1, 0.15) is 66.9 Å². The van der Waals surface area contributed by atoms with Gasteiger partial charge in [-0.3, -0.25) is 9.69 Å². The molecule has 1 amide bonds. The number of likely N-dealkylation sites (tertiary alicyclic amines) is 1. The molecular formula is C34H41N5O5S. The molecule has 10 nitrogen and oxygen atoms in total. The number of aryl methyl sites for hydroxylation is 2. The SMILES string of the molecule is CCC[C@@H]1COc2cc(-c3c(C)cccc3C)nc(n2)NS(=O)(=O)c2cccc(c2)C(=O)N1C1CC(N2CC3(CC(O)C3)C2)C1. The van der Waals surface area contributed by atoms with Gasteiger partial charge in [0.2, 0.25) is 11.8 Å². The summed E-state index contributed by atoms with van der Waals surface area (Å²) in [6.07, 6.45) is 4.93. The van der Waals surface area contributed by atoms with E-state index in [-0.39, 0.29) is 52.8 Å². The zero-order valence-corrected chi connectivity index (χ0v) is 26.9. The van der Waals surface area contributed by atoms with E-state index in [4.69, 9.17) is 4.74 Å². The summed E-state index contributed by atoms with van der Waals surface area (Å²) >= 11 is 0. The van der Waals surface area contributed by atoms with Gasteiger partial charge in [0.05, 0.1) is 22.7 Å². The van der Waals surface area contributed by atoms with E-state index >= 15 is 0 Å². The number of carbonyl (C=O) groups is 1. The zero-order chi connectivity index (χ0) is 31.5. The summed E-state index contributed by atoms with van der Waals surface area (Å²) in [4.78, 5) is 27.8. The molecule has 1 atom stereocenters. The van der Waals surface area contributed by atoms with Gasteiger partial charge in [0, 0.05) is 47.8 Å². The van der Waals surface area contributed by atoms with Gasteiger partial charge < -0.3 is 14.7 Å². The lowest BCUT2D eigenvalue weighted by atomic mass is 9.60. The monoisotopic (exact) mass is 631 g/mol. The van der Waals surface area contributed by atoms with E-state index in [1.54, 1.807) is 18.2 Å². The van der Waals surface area contributed by atoms with Crippen LogP contribution in [0.4, 0.5) is 5.95 Å². The third-order valence-corrected chi connectivity index (χ3v) is 11.5. The largest absolute Gasteiger partial charge is 0.475 e. The molecule has 2 aliphatic carbocycles. The van der Waals surface area contributed by atoms with Gasteiger partial charge in [-0.05, 0) is 75.3 Å². The van der Waals surface area contributed by atoms with Gasteiger partial charge in [0.15, 0.2) is 0 Å². The Bertz CT molecular complexity index is 1710. The van der Waals surface area contributed by atoms with Crippen LogP contribution in [0.15, 0.2) is 53.4 Å². The molecular weight excluding hydrogens is 590 g/mol. The molecule has 4 bridgehead atoms. The summed E-state index contributed by atoms with van der Waals surface area (Å²) < 4.78 is 36.1. The molecule has 2 saturated carbocycles. The Kier molecular flexibility index (Phi) is 7.61. The average molecular weight is 632 g/mol. The van der Waals surface area contributed by atoms with Crippen molar-refractivity contribution in [2.24, 2.45) is 5.41 Å². The van der Waals surface area contributed by atoms with Crippen LogP contribution in [0, 0.1) is 19.3 Å². The first kappa shape index (κ1) is 30.1. The summed E-state index contributed by atoms with van der Waals surface area (Å²) in [5, 5.41) is 9.82. The molecule has 0 unspecified atom stereocenters. The van der Waals surface area contributed by atoms with Gasteiger partial charge in [-0.1, -0.05) is 37.6 Å². The number of carbonyl (C=O) groups excluding carboxylic acids is 1. The van der Waals surface area contributed by atoms with Crippen LogP contribution in [0.25, 0.3) is 11.3 Å². The number of amides is 1. The highest BCUT2D eigenvalue weighted by atomic mass is 32.2. The van der Waals surface area contributed by atoms with Gasteiger partial charge in [-0.25, -0.2) is 18.1 Å². The van der Waals surface area contributed by atoms with Crippen LogP contribution >= 0.6 is 0 Å². The summed E-state index contributed by atoms with van der Waals surface area (Å²) in [6, 6.07) is 14.1. The molecule has 3 aromatic rings. The molecule has 1 aromatic heterocycles. The first-order valence-corrected chi connectivity index (χ1v) is 17.5. The highest BCUT2D eigenvalue weighted by molar-refractivity contribution is 7.92. The van der Waals surface area contributed by atoms with Crippen molar-refractivity contribution in [2.45, 2.75) is 88.4 Å². The standard InChI is InChI=1S/C34H41N5O5S/c1-4-7-24-18-44-30-15-29(31-21(2)8-5-9-22(31)3)35-33(36-30)37-45(42,43)28-11-6-10-23(12-28)32(41)39(24)26-13-25(14-26)38-19-34(20-38)16-27(40)17-34/h5-6,8-12,15,24-27,40H,4,7,13-14,16-20H2,1-3H3,(H,35,36,37)/t24-,25?,26?/m1/s1. The van der Waals surface area contributed by atoms with E-state index < -0.39 is 10.0 Å². The highest BCUT2D eigenvalue weighted by Crippen LogP contribution is 2.51. The number of aliphatic hydroxyl groups excluding tert-OH is 1. The number of fused-ring (bicyclic) bond motifs is 4. The minimum absolute atomic E-state index is 0.0147. The molecule has 11 heteroatoms. The lowest BCUT2D eigenvalue weighted by Crippen LogP contribution is -2.69. The van der Waals surface area contributed by atoms with Crippen molar-refractivity contribution in [2.75, 3.05) is 24.4 Å². The fraction of sp³-hybridized carbons (Fsp3) is 0.500. The molecule has 7 rings (SSSR count). The molecule has 238 valence electrons. The number of rotatable bonds is 5. The van der Waals surface area contributed by atoms with Crippen molar-refractivity contribution in [3.8, 4) is 17.1 Å². The number of aromatic nitrogens is 2. The average Bonchev–Trinajstić information content (AvgIpc) is 2.94. The maximum Gasteiger partial charge on any atom is 0.264 e. The van der Waals surface area contributed by atoms with Crippen LogP contribution in [-0.4, -0.2) is 83.1 Å². The van der Waals surface area contributed by atoms with Crippen molar-refractivity contribution < 1.29 is 23.1 Å². The number of hydrogen-bond donors (Lipinski definition) is 2. The predicted octanol–water partition coefficient (Wildman–Crippen LogP) is 4.55. The Balaban J connectivity index is 1.23. The molecule has 2 N–H and O–H groups in total. The van der Waals surface area contributed by atoms with E-state index in [1.165, 1.54) is 12.1 Å². The fourth-order valence-electron chi connectivity index (χ4n) is 7.82. The first-order chi connectivity index (χ1) is 21.5. The van der Waals surface area contributed by atoms with Gasteiger partial charge in [-0.15, -0.1) is 0 Å². The quantitative estimate of drug-likeness (QED) is 0.420. The van der Waals surface area contributed by atoms with E-state index in [1.807, 2.05) is 36.9 Å². The Hall–Kier alpha value is -3.54. The van der Waals surface area contributed by atoms with Crippen LogP contribution in [0.2, 0.25) is 0 Å². The predicted molar refractivity (Wildman–Crippen MR) is 171 cm³/mol. The molecule has 4 aliphatic rings. The number of nitrogens with one attached hydrogen (secondary N) is 1. The Morgan fingerprint density at radius 2 is 1.73 bits per heavy atom. The zero-order valence-electron chi connectivity index (χ0n) is 26.1. The number of benzene rings is 2. The third kappa shape index (κ3) is 5.59. The van der Waals surface area contributed by atoms with E-state index in [9.17, 15) is 18.3 Å². The first-order valence-electron chi connectivity index (χ1n) is 16.0. The van der Waals surface area contributed by atoms with Crippen molar-refractivity contribution in [3.63, 3.8) is 0 Å². The molecule has 45 heavy (non-hydrogen) atoms. The maximum absolute atomic E-state index is 14.3. The highest BCUT2D eigenvalue weighted by Gasteiger charge is 2.55. The summed E-state index contributed by atoms with van der Waals surface area (Å²) in [7, 11) is -4.11. The van der Waals surface area contributed by atoms with Crippen molar-refractivity contribution >= 4 is 21.9 Å². The Morgan fingerprint density at radius 3 is 2.42 bits per heavy atom. The number of hydrogen-bond acceptors (Lipinski definition) is 8. The van der Waals surface area contributed by atoms with Crippen molar-refractivity contribution in [3.05, 3.63) is 65.2 Å². The second-order valence-electron chi connectivity index (χ2n) is 13.5. The minimum Gasteiger partial charge on any atom is -0.475 e. The molecule has 0 radical (unpaired) electrons. The fourth-order valence-corrected chi connectivity index (χ4v) is 8.81. The Labute approximate surface area is 264 Å². The number of ether oxygens (including phenoxy) is 1. The second-order valence-corrected chi connectivity index (χ2v) is 15.2. The number of aliphatic hydroxyl groups is 1. The summed E-state index contributed by atoms with van der Waals surface area (Å²) in [5.74, 6) is -0.0222. The van der Waals surface area contributed by atoms with Crippen LogP contribution < -0.4 is 9.46 Å². The molecule has 2 aromatic carbocycles. The van der Waals surface area contributed by atoms with E-state index in [2.05, 4.69) is 26.5 Å². The minimum atomic E-state index is -4.11. The smallest absolute Gasteiger partial charge is 0.264 e. The van der Waals surface area contributed by atoms with E-state index in [0.29, 0.717) is 17.3 Å². The van der Waals surface area contributed by atoms with Crippen molar-refractivity contribution in [1.29, 1.82) is 0 Å². The van der Waals surface area contributed by atoms with Crippen molar-refractivity contribution in [1.82, 2.24) is 19.8 Å². The van der Waals surface area contributed by atoms with Gasteiger partial charge >= 0.3 is 0 Å². The number of nitrogens with zero attached hydrogens (tertiary/aromatic N) is 4. The number of sulfonamides is 1. The van der Waals surface area contributed by atoms with Crippen LogP contribution in [0.3, 0.4) is 0 Å². The summed E-state index contributed by atoms with van der Waals surface area (Å²) in [6.45, 7) is 8.33. The van der Waals surface area contributed by atoms with Crippen LogP contribution in [0.5, 0.6) is 5.88 Å². The van der Waals surface area contributed by atoms with Gasteiger partial charge in [-0.2, -0.15) is 4.98 Å². The molecule has 1 spiro atoms. The van der Waals surface area contributed by atoms with Gasteiger partial charge in [0.25, 0.3) is 15.9 Å². The number of anilines is 1. The lowest BCUT2D eigenvalue weighted by molar-refractivity contribution is -0.158. The van der Waals surface area contributed by atoms with E-state index in [0.717, 1.165) is 68.3 Å². The molecule has 2 aliphatic heterocycles. The Morgan fingerprint density at radius 1 is 1.02 bits per heavy atom. The van der Waals surface area contributed by atoms with Gasteiger partial charge in [0.1, 0.15) is 6.61 Å². The second kappa shape index (κ2) is 11.4. The lowest BCUT2D eigenvalue weighted by Gasteiger charge is -2.63.